The lowest BCUT2D eigenvalue weighted by Crippen LogP contribution is -2.45. The fraction of sp³-hybridized carbons (Fsp3) is 0.800. The molecule has 1 saturated heterocycles. The van der Waals surface area contributed by atoms with Crippen molar-refractivity contribution in [1.82, 2.24) is 5.32 Å². The maximum absolute atomic E-state index is 12.3. The summed E-state index contributed by atoms with van der Waals surface area (Å²) in [6.07, 6.45) is 1.52. The molecule has 5 nitrogen and oxygen atoms in total. The van der Waals surface area contributed by atoms with Crippen LogP contribution in [0.15, 0.2) is 0 Å². The highest BCUT2D eigenvalue weighted by Gasteiger charge is 2.37. The first-order chi connectivity index (χ1) is 9.36. The maximum Gasteiger partial charge on any atom is 0.229 e. The average Bonchev–Trinajstić information content (AvgIpc) is 2.32. The largest absolute Gasteiger partial charge is 0.373 e. The third-order valence-corrected chi connectivity index (χ3v) is 4.34. The van der Waals surface area contributed by atoms with E-state index in [1.807, 2.05) is 13.8 Å². The number of ether oxygens (including phenoxy) is 1. The Labute approximate surface area is 119 Å². The van der Waals surface area contributed by atoms with E-state index in [1.54, 1.807) is 0 Å². The Morgan fingerprint density at radius 2 is 1.70 bits per heavy atom. The van der Waals surface area contributed by atoms with Gasteiger partial charge in [0.1, 0.15) is 5.78 Å². The van der Waals surface area contributed by atoms with Crippen LogP contribution >= 0.6 is 0 Å². The summed E-state index contributed by atoms with van der Waals surface area (Å²) in [6.45, 7) is 6.00. The third kappa shape index (κ3) is 3.45. The summed E-state index contributed by atoms with van der Waals surface area (Å²) < 4.78 is 5.84. The summed E-state index contributed by atoms with van der Waals surface area (Å²) in [6, 6.07) is 0. The van der Waals surface area contributed by atoms with Gasteiger partial charge in [-0.15, -0.1) is 0 Å². The number of Topliss-reactive ketones (excluding diaryl/α,β-unsaturated/α-hetero) is 1. The molecule has 0 aromatic rings. The van der Waals surface area contributed by atoms with Crippen LogP contribution in [0.2, 0.25) is 0 Å². The molecule has 1 aliphatic heterocycles. The Bertz CT molecular complexity index is 404. The number of amides is 2. The second-order valence-electron chi connectivity index (χ2n) is 6.33. The topological polar surface area (TPSA) is 72.5 Å². The van der Waals surface area contributed by atoms with Crippen molar-refractivity contribution in [2.75, 3.05) is 0 Å². The number of imide groups is 1. The van der Waals surface area contributed by atoms with Crippen molar-refractivity contribution in [3.63, 3.8) is 0 Å². The van der Waals surface area contributed by atoms with E-state index >= 15 is 0 Å². The number of ketones is 1. The number of rotatable bonds is 3. The molecule has 112 valence electrons. The van der Waals surface area contributed by atoms with Crippen LogP contribution in [0.3, 0.4) is 0 Å². The molecule has 2 rings (SSSR count). The van der Waals surface area contributed by atoms with Gasteiger partial charge >= 0.3 is 0 Å². The molecule has 5 heteroatoms. The molecule has 0 bridgehead atoms. The van der Waals surface area contributed by atoms with Gasteiger partial charge in [0.2, 0.25) is 11.8 Å². The van der Waals surface area contributed by atoms with Gasteiger partial charge in [-0.1, -0.05) is 13.8 Å². The Balaban J connectivity index is 1.96. The molecule has 1 heterocycles. The highest BCUT2D eigenvalue weighted by Crippen LogP contribution is 2.33. The summed E-state index contributed by atoms with van der Waals surface area (Å²) in [4.78, 5) is 34.9. The summed E-state index contributed by atoms with van der Waals surface area (Å²) in [5.74, 6) is 0.127. The van der Waals surface area contributed by atoms with Crippen LogP contribution in [0.25, 0.3) is 0 Å². The van der Waals surface area contributed by atoms with Crippen LogP contribution in [-0.2, 0) is 19.1 Å². The van der Waals surface area contributed by atoms with Crippen LogP contribution in [0.1, 0.15) is 46.5 Å². The molecule has 2 fully saturated rings. The molecule has 1 N–H and O–H groups in total. The van der Waals surface area contributed by atoms with Crippen molar-refractivity contribution in [3.8, 4) is 0 Å². The van der Waals surface area contributed by atoms with Gasteiger partial charge in [-0.25, -0.2) is 0 Å². The Kier molecular flexibility index (Phi) is 4.58. The van der Waals surface area contributed by atoms with Crippen LogP contribution in [0.4, 0.5) is 0 Å². The van der Waals surface area contributed by atoms with Crippen molar-refractivity contribution in [2.45, 2.75) is 58.7 Å². The molecule has 0 aromatic carbocycles. The van der Waals surface area contributed by atoms with Gasteiger partial charge in [-0.2, -0.15) is 0 Å². The highest BCUT2D eigenvalue weighted by molar-refractivity contribution is 5.98. The molecule has 1 saturated carbocycles. The average molecular weight is 281 g/mol. The SMILES string of the molecule is CC1CC(C)C(=O)C(C(C)OC2CC(=O)NC(=O)C2)C1. The minimum atomic E-state index is -0.397. The Morgan fingerprint density at radius 3 is 2.30 bits per heavy atom. The molecule has 4 atom stereocenters. The van der Waals surface area contributed by atoms with Gasteiger partial charge in [0.05, 0.1) is 25.0 Å². The van der Waals surface area contributed by atoms with E-state index in [2.05, 4.69) is 12.2 Å². The second kappa shape index (κ2) is 6.04. The van der Waals surface area contributed by atoms with E-state index in [9.17, 15) is 14.4 Å². The predicted molar refractivity (Wildman–Crippen MR) is 72.8 cm³/mol. The number of carbonyl (C=O) groups excluding carboxylic acids is 3. The van der Waals surface area contributed by atoms with Crippen LogP contribution in [-0.4, -0.2) is 29.8 Å². The fourth-order valence-corrected chi connectivity index (χ4v) is 3.39. The molecule has 20 heavy (non-hydrogen) atoms. The maximum atomic E-state index is 12.3. The molecule has 2 amide bonds. The first kappa shape index (κ1) is 15.2. The van der Waals surface area contributed by atoms with Crippen LogP contribution in [0, 0.1) is 17.8 Å². The van der Waals surface area contributed by atoms with Gasteiger partial charge in [0, 0.05) is 11.8 Å². The first-order valence-electron chi connectivity index (χ1n) is 7.38. The minimum absolute atomic E-state index is 0.0751. The monoisotopic (exact) mass is 281 g/mol. The molecule has 4 unspecified atom stereocenters. The van der Waals surface area contributed by atoms with Crippen molar-refractivity contribution in [3.05, 3.63) is 0 Å². The zero-order valence-corrected chi connectivity index (χ0v) is 12.3. The molecule has 1 aliphatic carbocycles. The van der Waals surface area contributed by atoms with Gasteiger partial charge in [-0.05, 0) is 25.7 Å². The molecule has 0 radical (unpaired) electrons. The van der Waals surface area contributed by atoms with Crippen molar-refractivity contribution < 1.29 is 19.1 Å². The summed E-state index contributed by atoms with van der Waals surface area (Å²) >= 11 is 0. The van der Waals surface area contributed by atoms with E-state index in [-0.39, 0.29) is 48.4 Å². The lowest BCUT2D eigenvalue weighted by Gasteiger charge is -2.35. The quantitative estimate of drug-likeness (QED) is 0.795. The van der Waals surface area contributed by atoms with E-state index in [1.165, 1.54) is 0 Å². The second-order valence-corrected chi connectivity index (χ2v) is 6.33. The lowest BCUT2D eigenvalue weighted by molar-refractivity contribution is -0.146. The van der Waals surface area contributed by atoms with E-state index < -0.39 is 6.10 Å². The zero-order chi connectivity index (χ0) is 14.9. The van der Waals surface area contributed by atoms with Crippen molar-refractivity contribution in [1.29, 1.82) is 0 Å². The van der Waals surface area contributed by atoms with Crippen molar-refractivity contribution >= 4 is 17.6 Å². The van der Waals surface area contributed by atoms with Gasteiger partial charge < -0.3 is 4.74 Å². The molecular formula is C15H23NO4. The van der Waals surface area contributed by atoms with Crippen LogP contribution < -0.4 is 5.32 Å². The number of hydrogen-bond acceptors (Lipinski definition) is 4. The summed E-state index contributed by atoms with van der Waals surface area (Å²) in [5, 5.41) is 2.26. The minimum Gasteiger partial charge on any atom is -0.373 e. The standard InChI is InChI=1S/C15H23NO4/c1-8-4-9(2)15(19)12(5-8)10(3)20-11-6-13(17)16-14(18)7-11/h8-12H,4-7H2,1-3H3,(H,16,17,18). The number of piperidine rings is 1. The number of hydrogen-bond donors (Lipinski definition) is 1. The Morgan fingerprint density at radius 1 is 1.10 bits per heavy atom. The molecule has 0 spiro atoms. The van der Waals surface area contributed by atoms with Crippen LogP contribution in [0.5, 0.6) is 0 Å². The smallest absolute Gasteiger partial charge is 0.229 e. The third-order valence-electron chi connectivity index (χ3n) is 4.34. The number of nitrogens with one attached hydrogen (secondary N) is 1. The van der Waals surface area contributed by atoms with Crippen molar-refractivity contribution in [2.24, 2.45) is 17.8 Å². The lowest BCUT2D eigenvalue weighted by atomic mass is 9.73. The first-order valence-corrected chi connectivity index (χ1v) is 7.38. The number of carbonyl (C=O) groups is 3. The summed E-state index contributed by atoms with van der Waals surface area (Å²) in [7, 11) is 0. The molecule has 0 aromatic heterocycles. The normalized spacial score (nSPS) is 34.0. The van der Waals surface area contributed by atoms with Gasteiger partial charge in [-0.3, -0.25) is 19.7 Å². The van der Waals surface area contributed by atoms with Gasteiger partial charge in [0.15, 0.2) is 0 Å². The summed E-state index contributed by atoms with van der Waals surface area (Å²) in [5.41, 5.74) is 0. The van der Waals surface area contributed by atoms with E-state index in [4.69, 9.17) is 4.74 Å². The molecular weight excluding hydrogens is 258 g/mol. The highest BCUT2D eigenvalue weighted by atomic mass is 16.5. The van der Waals surface area contributed by atoms with E-state index in [0.29, 0.717) is 5.92 Å². The van der Waals surface area contributed by atoms with E-state index in [0.717, 1.165) is 12.8 Å². The predicted octanol–water partition coefficient (Wildman–Crippen LogP) is 1.45. The molecule has 2 aliphatic rings. The van der Waals surface area contributed by atoms with Gasteiger partial charge in [0.25, 0.3) is 0 Å². The fourth-order valence-electron chi connectivity index (χ4n) is 3.39. The Hall–Kier alpha value is -1.23. The zero-order valence-electron chi connectivity index (χ0n) is 12.3.